The van der Waals surface area contributed by atoms with Gasteiger partial charge >= 0.3 is 0 Å². The molecule has 2 heteroatoms. The summed E-state index contributed by atoms with van der Waals surface area (Å²) in [5, 5.41) is 3.58. The molecule has 0 bridgehead atoms. The number of rotatable bonds is 5. The number of hydrogen-bond donors (Lipinski definition) is 1. The van der Waals surface area contributed by atoms with E-state index in [2.05, 4.69) is 101 Å². The average Bonchev–Trinajstić information content (AvgIpc) is 3.40. The van der Waals surface area contributed by atoms with Crippen LogP contribution >= 0.6 is 0 Å². The third-order valence-corrected chi connectivity index (χ3v) is 7.60. The maximum Gasteiger partial charge on any atom is 0.138 e. The first-order valence-electron chi connectivity index (χ1n) is 14.1. The maximum absolute atomic E-state index is 11.6. The van der Waals surface area contributed by atoms with Gasteiger partial charge in [-0.05, 0) is 74.8 Å². The SMILES string of the molecule is CC.CC1=C(c2ccc(C)cc2)C(c2ccc(C)cc2)=CCNC1C.CCC(C)C(=O)C1CCCC1. The molecule has 2 nitrogen and oxygen atoms in total. The molecule has 2 atom stereocenters. The van der Waals surface area contributed by atoms with E-state index < -0.39 is 0 Å². The Morgan fingerprint density at radius 2 is 1.39 bits per heavy atom. The first-order valence-corrected chi connectivity index (χ1v) is 14.1. The standard InChI is InChI=1S/C22H25N.C10H18O.C2H6/c1-15-5-9-19(10-6-15)21-13-14-23-18(4)17(3)22(21)20-11-7-16(2)8-12-20;1-3-8(2)10(11)9-6-4-5-7-9;1-2/h5-13,18,23H,14H2,1-4H3;8-9H,3-7H2,1-2H3;1-2H3. The lowest BCUT2D eigenvalue weighted by Gasteiger charge is -2.19. The van der Waals surface area contributed by atoms with Crippen molar-refractivity contribution in [2.45, 2.75) is 93.5 Å². The molecule has 0 saturated heterocycles. The number of hydrogen-bond acceptors (Lipinski definition) is 2. The summed E-state index contributed by atoms with van der Waals surface area (Å²) in [5.41, 5.74) is 9.30. The molecule has 2 aromatic rings. The van der Waals surface area contributed by atoms with Crippen molar-refractivity contribution >= 4 is 16.9 Å². The number of ketones is 1. The number of nitrogens with one attached hydrogen (secondary N) is 1. The number of allylic oxidation sites excluding steroid dienone is 2. The molecule has 2 unspecified atom stereocenters. The molecule has 36 heavy (non-hydrogen) atoms. The second-order valence-corrected chi connectivity index (χ2v) is 10.2. The molecule has 1 aliphatic carbocycles. The third kappa shape index (κ3) is 8.03. The van der Waals surface area contributed by atoms with Crippen LogP contribution in [0.15, 0.2) is 60.2 Å². The molecule has 1 N–H and O–H groups in total. The van der Waals surface area contributed by atoms with E-state index in [-0.39, 0.29) is 0 Å². The van der Waals surface area contributed by atoms with E-state index in [1.165, 1.54) is 51.8 Å². The van der Waals surface area contributed by atoms with Gasteiger partial charge in [-0.2, -0.15) is 0 Å². The Kier molecular flexibility index (Phi) is 12.4. The lowest BCUT2D eigenvalue weighted by molar-refractivity contribution is -0.126. The largest absolute Gasteiger partial charge is 0.307 e. The highest BCUT2D eigenvalue weighted by Gasteiger charge is 2.25. The summed E-state index contributed by atoms with van der Waals surface area (Å²) in [6, 6.07) is 18.1. The second-order valence-electron chi connectivity index (χ2n) is 10.2. The molecule has 1 heterocycles. The predicted octanol–water partition coefficient (Wildman–Crippen LogP) is 8.97. The van der Waals surface area contributed by atoms with Gasteiger partial charge in [-0.15, -0.1) is 0 Å². The molecular formula is C34H49NO. The zero-order valence-electron chi connectivity index (χ0n) is 24.1. The van der Waals surface area contributed by atoms with Crippen LogP contribution in [0.1, 0.15) is 95.9 Å². The van der Waals surface area contributed by atoms with E-state index in [1.807, 2.05) is 13.8 Å². The fourth-order valence-corrected chi connectivity index (χ4v) is 4.93. The molecule has 0 aromatic heterocycles. The minimum Gasteiger partial charge on any atom is -0.307 e. The summed E-state index contributed by atoms with van der Waals surface area (Å²) in [7, 11) is 0. The van der Waals surface area contributed by atoms with Crippen molar-refractivity contribution in [2.24, 2.45) is 11.8 Å². The molecular weight excluding hydrogens is 438 g/mol. The van der Waals surface area contributed by atoms with E-state index in [9.17, 15) is 4.79 Å². The van der Waals surface area contributed by atoms with Gasteiger partial charge in [0.25, 0.3) is 0 Å². The molecule has 196 valence electrons. The quantitative estimate of drug-likeness (QED) is 0.456. The van der Waals surface area contributed by atoms with Gasteiger partial charge in [0.15, 0.2) is 0 Å². The molecule has 2 aliphatic rings. The van der Waals surface area contributed by atoms with E-state index in [0.717, 1.165) is 25.8 Å². The molecule has 0 radical (unpaired) electrons. The van der Waals surface area contributed by atoms with Crippen LogP contribution in [-0.2, 0) is 4.79 Å². The lowest BCUT2D eigenvalue weighted by Crippen LogP contribution is -2.26. The molecule has 1 saturated carbocycles. The third-order valence-electron chi connectivity index (χ3n) is 7.60. The fourth-order valence-electron chi connectivity index (χ4n) is 4.93. The van der Waals surface area contributed by atoms with Gasteiger partial charge in [-0.3, -0.25) is 4.79 Å². The summed E-state index contributed by atoms with van der Waals surface area (Å²) >= 11 is 0. The number of aryl methyl sites for hydroxylation is 2. The van der Waals surface area contributed by atoms with Crippen LogP contribution in [0.5, 0.6) is 0 Å². The highest BCUT2D eigenvalue weighted by molar-refractivity contribution is 6.06. The van der Waals surface area contributed by atoms with Crippen LogP contribution in [0.3, 0.4) is 0 Å². The molecule has 1 fully saturated rings. The summed E-state index contributed by atoms with van der Waals surface area (Å²) in [6.45, 7) is 17.8. The van der Waals surface area contributed by atoms with Gasteiger partial charge < -0.3 is 5.32 Å². The van der Waals surface area contributed by atoms with Crippen molar-refractivity contribution in [1.82, 2.24) is 5.32 Å². The van der Waals surface area contributed by atoms with Crippen LogP contribution in [-0.4, -0.2) is 18.4 Å². The molecule has 1 aliphatic heterocycles. The van der Waals surface area contributed by atoms with Gasteiger partial charge in [-0.1, -0.05) is 106 Å². The Bertz CT molecular complexity index is 1000. The molecule has 4 rings (SSSR count). The highest BCUT2D eigenvalue weighted by atomic mass is 16.1. The van der Waals surface area contributed by atoms with Gasteiger partial charge in [0.1, 0.15) is 5.78 Å². The Morgan fingerprint density at radius 1 is 0.889 bits per heavy atom. The molecule has 2 aromatic carbocycles. The summed E-state index contributed by atoms with van der Waals surface area (Å²) in [5.74, 6) is 1.24. The average molecular weight is 488 g/mol. The smallest absolute Gasteiger partial charge is 0.138 e. The monoisotopic (exact) mass is 487 g/mol. The first-order chi connectivity index (χ1) is 17.3. The van der Waals surface area contributed by atoms with Gasteiger partial charge in [-0.25, -0.2) is 0 Å². The molecule has 0 spiro atoms. The zero-order valence-corrected chi connectivity index (χ0v) is 24.1. The fraction of sp³-hybridized carbons (Fsp3) is 0.500. The number of carbonyl (C=O) groups excluding carboxylic acids is 1. The van der Waals surface area contributed by atoms with Gasteiger partial charge in [0.2, 0.25) is 0 Å². The zero-order chi connectivity index (χ0) is 26.7. The van der Waals surface area contributed by atoms with Crippen molar-refractivity contribution in [1.29, 1.82) is 0 Å². The topological polar surface area (TPSA) is 29.1 Å². The van der Waals surface area contributed by atoms with Gasteiger partial charge in [0, 0.05) is 24.4 Å². The Labute approximate surface area is 221 Å². The van der Waals surface area contributed by atoms with Crippen LogP contribution in [0.25, 0.3) is 11.1 Å². The van der Waals surface area contributed by atoms with Crippen molar-refractivity contribution in [3.05, 3.63) is 82.4 Å². The number of Topliss-reactive ketones (excluding diaryl/α,β-unsaturated/α-hetero) is 1. The number of carbonyl (C=O) groups is 1. The van der Waals surface area contributed by atoms with Crippen LogP contribution in [0.2, 0.25) is 0 Å². The van der Waals surface area contributed by atoms with Crippen LogP contribution in [0.4, 0.5) is 0 Å². The van der Waals surface area contributed by atoms with Crippen molar-refractivity contribution in [3.63, 3.8) is 0 Å². The number of benzene rings is 2. The van der Waals surface area contributed by atoms with Crippen LogP contribution in [0, 0.1) is 25.7 Å². The summed E-state index contributed by atoms with van der Waals surface area (Å²) in [4.78, 5) is 11.6. The summed E-state index contributed by atoms with van der Waals surface area (Å²) < 4.78 is 0. The Morgan fingerprint density at radius 3 is 1.89 bits per heavy atom. The van der Waals surface area contributed by atoms with E-state index in [0.29, 0.717) is 23.7 Å². The Hall–Kier alpha value is -2.45. The van der Waals surface area contributed by atoms with E-state index in [1.54, 1.807) is 0 Å². The van der Waals surface area contributed by atoms with Gasteiger partial charge in [0.05, 0.1) is 0 Å². The van der Waals surface area contributed by atoms with E-state index >= 15 is 0 Å². The predicted molar refractivity (Wildman–Crippen MR) is 158 cm³/mol. The van der Waals surface area contributed by atoms with Crippen molar-refractivity contribution < 1.29 is 4.79 Å². The first kappa shape index (κ1) is 29.8. The highest BCUT2D eigenvalue weighted by Crippen LogP contribution is 2.36. The second kappa shape index (κ2) is 15.0. The molecule has 0 amide bonds. The maximum atomic E-state index is 11.6. The Balaban J connectivity index is 0.000000295. The normalized spacial score (nSPS) is 18.8. The summed E-state index contributed by atoms with van der Waals surface area (Å²) in [6.07, 6.45) is 8.19. The van der Waals surface area contributed by atoms with Crippen molar-refractivity contribution in [2.75, 3.05) is 6.54 Å². The van der Waals surface area contributed by atoms with Crippen molar-refractivity contribution in [3.8, 4) is 0 Å². The van der Waals surface area contributed by atoms with E-state index in [4.69, 9.17) is 0 Å². The minimum atomic E-state index is 0.304. The lowest BCUT2D eigenvalue weighted by atomic mass is 9.87. The van der Waals surface area contributed by atoms with Crippen LogP contribution < -0.4 is 5.32 Å². The minimum absolute atomic E-state index is 0.304.